The normalized spacial score (nSPS) is 11.2. The van der Waals surface area contributed by atoms with Crippen LogP contribution in [0.15, 0.2) is 53.6 Å². The Bertz CT molecular complexity index is 651. The van der Waals surface area contributed by atoms with Crippen LogP contribution in [0, 0.1) is 10.1 Å². The molecular weight excluding hydrogens is 258 g/mol. The van der Waals surface area contributed by atoms with Crippen LogP contribution in [0.3, 0.4) is 0 Å². The van der Waals surface area contributed by atoms with Gasteiger partial charge < -0.3 is 5.11 Å². The van der Waals surface area contributed by atoms with E-state index in [1.807, 2.05) is 0 Å². The number of phenolic OH excluding ortho intramolecular Hbond substituents is 1. The van der Waals surface area contributed by atoms with Crippen LogP contribution in [0.25, 0.3) is 0 Å². The third kappa shape index (κ3) is 3.11. The van der Waals surface area contributed by atoms with E-state index in [-0.39, 0.29) is 11.4 Å². The van der Waals surface area contributed by atoms with Crippen molar-refractivity contribution in [2.24, 2.45) is 5.10 Å². The molecule has 2 aromatic carbocycles. The Labute approximate surface area is 115 Å². The molecule has 0 aliphatic carbocycles. The van der Waals surface area contributed by atoms with E-state index in [1.54, 1.807) is 49.4 Å². The second-order valence-electron chi connectivity index (χ2n) is 4.13. The predicted octanol–water partition coefficient (Wildman–Crippen LogP) is 3.14. The number of phenols is 1. The van der Waals surface area contributed by atoms with E-state index in [2.05, 4.69) is 10.5 Å². The Morgan fingerprint density at radius 1 is 1.20 bits per heavy atom. The van der Waals surface area contributed by atoms with E-state index in [9.17, 15) is 15.2 Å². The Morgan fingerprint density at radius 2 is 1.85 bits per heavy atom. The van der Waals surface area contributed by atoms with Gasteiger partial charge in [0.1, 0.15) is 11.4 Å². The molecule has 0 saturated carbocycles. The van der Waals surface area contributed by atoms with Gasteiger partial charge in [-0.25, -0.2) is 0 Å². The van der Waals surface area contributed by atoms with Gasteiger partial charge in [0, 0.05) is 6.07 Å². The van der Waals surface area contributed by atoms with Crippen LogP contribution in [-0.4, -0.2) is 15.7 Å². The van der Waals surface area contributed by atoms with Crippen molar-refractivity contribution in [2.45, 2.75) is 6.92 Å². The zero-order valence-electron chi connectivity index (χ0n) is 10.8. The molecular formula is C14H13N3O3. The zero-order chi connectivity index (χ0) is 14.5. The lowest BCUT2D eigenvalue weighted by atomic mass is 10.1. The highest BCUT2D eigenvalue weighted by Gasteiger charge is 2.11. The van der Waals surface area contributed by atoms with E-state index >= 15 is 0 Å². The number of nitro benzene ring substituents is 1. The van der Waals surface area contributed by atoms with Crippen molar-refractivity contribution in [1.82, 2.24) is 0 Å². The Kier molecular flexibility index (Phi) is 3.95. The van der Waals surface area contributed by atoms with Crippen molar-refractivity contribution < 1.29 is 10.0 Å². The fraction of sp³-hybridized carbons (Fsp3) is 0.0714. The summed E-state index contributed by atoms with van der Waals surface area (Å²) in [5.41, 5.74) is 4.46. The molecule has 20 heavy (non-hydrogen) atoms. The number of para-hydroxylation sites is 2. The van der Waals surface area contributed by atoms with Gasteiger partial charge in [0.25, 0.3) is 5.69 Å². The highest BCUT2D eigenvalue weighted by atomic mass is 16.6. The first-order valence-electron chi connectivity index (χ1n) is 5.91. The second-order valence-corrected chi connectivity index (χ2v) is 4.13. The van der Waals surface area contributed by atoms with E-state index in [4.69, 9.17) is 0 Å². The molecule has 0 aliphatic rings. The predicted molar refractivity (Wildman–Crippen MR) is 77.0 cm³/mol. The van der Waals surface area contributed by atoms with E-state index in [0.29, 0.717) is 11.4 Å². The number of rotatable bonds is 4. The van der Waals surface area contributed by atoms with Crippen LogP contribution in [0.1, 0.15) is 12.5 Å². The maximum Gasteiger partial charge on any atom is 0.294 e. The molecule has 0 aromatic heterocycles. The van der Waals surface area contributed by atoms with Gasteiger partial charge in [-0.15, -0.1) is 0 Å². The molecule has 0 unspecified atom stereocenters. The van der Waals surface area contributed by atoms with Crippen LogP contribution >= 0.6 is 0 Å². The molecule has 2 aromatic rings. The lowest BCUT2D eigenvalue weighted by Gasteiger charge is -2.04. The van der Waals surface area contributed by atoms with Crippen LogP contribution in [0.5, 0.6) is 5.75 Å². The average Bonchev–Trinajstić information content (AvgIpc) is 2.45. The Hall–Kier alpha value is -2.89. The number of hydrogen-bond acceptors (Lipinski definition) is 5. The van der Waals surface area contributed by atoms with Gasteiger partial charge in [-0.1, -0.05) is 12.1 Å². The highest BCUT2D eigenvalue weighted by molar-refractivity contribution is 5.99. The summed E-state index contributed by atoms with van der Waals surface area (Å²) in [5.74, 6) is 0.174. The fourth-order valence-electron chi connectivity index (χ4n) is 1.64. The number of benzene rings is 2. The van der Waals surface area contributed by atoms with Crippen molar-refractivity contribution >= 4 is 17.1 Å². The number of nitro groups is 1. The maximum atomic E-state index is 10.9. The molecule has 0 heterocycles. The Balaban J connectivity index is 2.21. The minimum atomic E-state index is -0.465. The summed E-state index contributed by atoms with van der Waals surface area (Å²) >= 11 is 0. The first-order valence-corrected chi connectivity index (χ1v) is 5.91. The largest absolute Gasteiger partial charge is 0.508 e. The molecule has 0 amide bonds. The molecule has 0 radical (unpaired) electrons. The number of anilines is 1. The molecule has 2 N–H and O–H groups in total. The van der Waals surface area contributed by atoms with Gasteiger partial charge in [0.05, 0.1) is 10.6 Å². The number of nitrogens with zero attached hydrogens (tertiary/aromatic N) is 2. The molecule has 6 heteroatoms. The first-order chi connectivity index (χ1) is 9.58. The van der Waals surface area contributed by atoms with Gasteiger partial charge in [0.2, 0.25) is 0 Å². The third-order valence-corrected chi connectivity index (χ3v) is 2.73. The molecule has 0 saturated heterocycles. The maximum absolute atomic E-state index is 10.9. The number of aromatic hydroxyl groups is 1. The van der Waals surface area contributed by atoms with Crippen LogP contribution in [-0.2, 0) is 0 Å². The molecule has 2 rings (SSSR count). The lowest BCUT2D eigenvalue weighted by molar-refractivity contribution is -0.384. The topological polar surface area (TPSA) is 87.8 Å². The molecule has 0 aliphatic heterocycles. The van der Waals surface area contributed by atoms with Crippen LogP contribution in [0.4, 0.5) is 11.4 Å². The van der Waals surface area contributed by atoms with Crippen molar-refractivity contribution in [1.29, 1.82) is 0 Å². The third-order valence-electron chi connectivity index (χ3n) is 2.73. The number of hydrogen-bond donors (Lipinski definition) is 2. The van der Waals surface area contributed by atoms with Gasteiger partial charge in [-0.2, -0.15) is 5.10 Å². The van der Waals surface area contributed by atoms with Crippen LogP contribution in [0.2, 0.25) is 0 Å². The number of nitrogens with one attached hydrogen (secondary N) is 1. The summed E-state index contributed by atoms with van der Waals surface area (Å²) in [4.78, 5) is 10.4. The van der Waals surface area contributed by atoms with Crippen molar-refractivity contribution in [3.63, 3.8) is 0 Å². The highest BCUT2D eigenvalue weighted by Crippen LogP contribution is 2.23. The van der Waals surface area contributed by atoms with Crippen molar-refractivity contribution in [3.05, 3.63) is 64.2 Å². The summed E-state index contributed by atoms with van der Waals surface area (Å²) in [7, 11) is 0. The van der Waals surface area contributed by atoms with E-state index in [1.165, 1.54) is 6.07 Å². The quantitative estimate of drug-likeness (QED) is 0.508. The number of hydrazone groups is 1. The minimum Gasteiger partial charge on any atom is -0.508 e. The van der Waals surface area contributed by atoms with Gasteiger partial charge in [0.15, 0.2) is 0 Å². The molecule has 0 atom stereocenters. The molecule has 6 nitrogen and oxygen atoms in total. The smallest absolute Gasteiger partial charge is 0.294 e. The molecule has 0 spiro atoms. The standard InChI is InChI=1S/C14H13N3O3/c1-10(11-6-8-12(18)9-7-11)15-16-13-4-2-3-5-14(13)17(19)20/h2-9,16,18H,1H3/b15-10+. The molecule has 0 bridgehead atoms. The SMILES string of the molecule is C/C(=N\Nc1ccccc1[N+](=O)[O-])c1ccc(O)cc1. The average molecular weight is 271 g/mol. The lowest BCUT2D eigenvalue weighted by Crippen LogP contribution is -2.01. The molecule has 0 fully saturated rings. The molecule has 102 valence electrons. The van der Waals surface area contributed by atoms with Gasteiger partial charge >= 0.3 is 0 Å². The summed E-state index contributed by atoms with van der Waals surface area (Å²) in [6.45, 7) is 1.77. The van der Waals surface area contributed by atoms with Gasteiger partial charge in [-0.3, -0.25) is 15.5 Å². The Morgan fingerprint density at radius 3 is 2.50 bits per heavy atom. The summed E-state index contributed by atoms with van der Waals surface area (Å²) in [6.07, 6.45) is 0. The van der Waals surface area contributed by atoms with Crippen LogP contribution < -0.4 is 5.43 Å². The zero-order valence-corrected chi connectivity index (χ0v) is 10.8. The summed E-state index contributed by atoms with van der Waals surface area (Å²) < 4.78 is 0. The minimum absolute atomic E-state index is 0.0326. The monoisotopic (exact) mass is 271 g/mol. The van der Waals surface area contributed by atoms with Gasteiger partial charge in [-0.05, 0) is 42.8 Å². The van der Waals surface area contributed by atoms with Crippen molar-refractivity contribution in [2.75, 3.05) is 5.43 Å². The fourth-order valence-corrected chi connectivity index (χ4v) is 1.64. The second kappa shape index (κ2) is 5.83. The first kappa shape index (κ1) is 13.5. The van der Waals surface area contributed by atoms with E-state index in [0.717, 1.165) is 5.56 Å². The summed E-state index contributed by atoms with van der Waals surface area (Å²) in [6, 6.07) is 12.8. The van der Waals surface area contributed by atoms with Crippen molar-refractivity contribution in [3.8, 4) is 5.75 Å². The summed E-state index contributed by atoms with van der Waals surface area (Å²) in [5, 5.41) is 24.2. The van der Waals surface area contributed by atoms with E-state index < -0.39 is 4.92 Å².